The molecule has 0 radical (unpaired) electrons. The van der Waals surface area contributed by atoms with Crippen LogP contribution >= 0.6 is 0 Å². The van der Waals surface area contributed by atoms with Crippen molar-refractivity contribution in [3.8, 4) is 0 Å². The van der Waals surface area contributed by atoms with Gasteiger partial charge in [-0.25, -0.2) is 4.39 Å². The largest absolute Gasteiger partial charge is 0.338 e. The average molecular weight is 288 g/mol. The summed E-state index contributed by atoms with van der Waals surface area (Å²) in [7, 11) is 1.90. The molecule has 1 amide bonds. The second-order valence-electron chi connectivity index (χ2n) is 5.37. The molecule has 0 spiro atoms. The number of hydrogen-bond donors (Lipinski definition) is 0. The molecule has 0 unspecified atom stereocenters. The fraction of sp³-hybridized carbons (Fsp3) is 0.400. The molecule has 1 fully saturated rings. The van der Waals surface area contributed by atoms with Crippen LogP contribution in [0.25, 0.3) is 0 Å². The van der Waals surface area contributed by atoms with Gasteiger partial charge in [-0.3, -0.25) is 4.79 Å². The van der Waals surface area contributed by atoms with Gasteiger partial charge in [0.15, 0.2) is 0 Å². The number of likely N-dealkylation sites (tertiary alicyclic amines) is 1. The molecule has 1 atom stereocenters. The zero-order valence-electron chi connectivity index (χ0n) is 11.9. The van der Waals surface area contributed by atoms with Crippen molar-refractivity contribution in [3.05, 3.63) is 47.8 Å². The normalized spacial score (nSPS) is 18.8. The topological polar surface area (TPSA) is 51.0 Å². The third-order valence-corrected chi connectivity index (χ3v) is 3.92. The van der Waals surface area contributed by atoms with Crippen molar-refractivity contribution in [3.63, 3.8) is 0 Å². The molecule has 21 heavy (non-hydrogen) atoms. The van der Waals surface area contributed by atoms with Gasteiger partial charge in [-0.1, -0.05) is 12.1 Å². The van der Waals surface area contributed by atoms with Crippen molar-refractivity contribution in [1.29, 1.82) is 0 Å². The van der Waals surface area contributed by atoms with Crippen molar-refractivity contribution in [2.75, 3.05) is 13.1 Å². The van der Waals surface area contributed by atoms with E-state index >= 15 is 0 Å². The number of piperidine rings is 1. The molecular formula is C15H17FN4O. The highest BCUT2D eigenvalue weighted by Gasteiger charge is 2.28. The first-order valence-corrected chi connectivity index (χ1v) is 7.04. The average Bonchev–Trinajstić information content (AvgIpc) is 2.93. The van der Waals surface area contributed by atoms with Crippen LogP contribution in [0.15, 0.2) is 30.6 Å². The van der Waals surface area contributed by atoms with Crippen molar-refractivity contribution >= 4 is 5.91 Å². The summed E-state index contributed by atoms with van der Waals surface area (Å²) >= 11 is 0. The van der Waals surface area contributed by atoms with Crippen LogP contribution < -0.4 is 0 Å². The lowest BCUT2D eigenvalue weighted by molar-refractivity contribution is 0.0698. The fourth-order valence-corrected chi connectivity index (χ4v) is 2.84. The van der Waals surface area contributed by atoms with E-state index < -0.39 is 5.82 Å². The van der Waals surface area contributed by atoms with Crippen molar-refractivity contribution < 1.29 is 9.18 Å². The standard InChI is InChI=1S/C15H17FN4O/c1-19-10-17-18-14(19)11-5-4-8-20(9-11)15(21)12-6-2-3-7-13(12)16/h2-3,6-7,10-11H,4-5,8-9H2,1H3/t11-/m1/s1. The summed E-state index contributed by atoms with van der Waals surface area (Å²) in [4.78, 5) is 14.2. The number of halogens is 1. The van der Waals surface area contributed by atoms with Crippen molar-refractivity contribution in [2.24, 2.45) is 7.05 Å². The summed E-state index contributed by atoms with van der Waals surface area (Å²) in [6.07, 6.45) is 3.51. The van der Waals surface area contributed by atoms with Crippen molar-refractivity contribution in [2.45, 2.75) is 18.8 Å². The van der Waals surface area contributed by atoms with Crippen LogP contribution in [0.4, 0.5) is 4.39 Å². The Balaban J connectivity index is 1.79. The van der Waals surface area contributed by atoms with Gasteiger partial charge in [0.1, 0.15) is 18.0 Å². The highest BCUT2D eigenvalue weighted by atomic mass is 19.1. The van der Waals surface area contributed by atoms with Crippen LogP contribution in [0.1, 0.15) is 34.9 Å². The number of nitrogens with zero attached hydrogens (tertiary/aromatic N) is 4. The fourth-order valence-electron chi connectivity index (χ4n) is 2.84. The molecule has 0 N–H and O–H groups in total. The van der Waals surface area contributed by atoms with Gasteiger partial charge in [-0.05, 0) is 25.0 Å². The molecule has 0 saturated carbocycles. The molecule has 1 aliphatic heterocycles. The Bertz CT molecular complexity index is 655. The van der Waals surface area contributed by atoms with Crippen molar-refractivity contribution in [1.82, 2.24) is 19.7 Å². The molecule has 1 aromatic carbocycles. The maximum atomic E-state index is 13.8. The Morgan fingerprint density at radius 3 is 2.90 bits per heavy atom. The van der Waals surface area contributed by atoms with Gasteiger partial charge in [0.25, 0.3) is 5.91 Å². The summed E-state index contributed by atoms with van der Waals surface area (Å²) in [6, 6.07) is 6.12. The van der Waals surface area contributed by atoms with E-state index in [2.05, 4.69) is 10.2 Å². The molecule has 2 aromatic rings. The monoisotopic (exact) mass is 288 g/mol. The highest BCUT2D eigenvalue weighted by Crippen LogP contribution is 2.26. The summed E-state index contributed by atoms with van der Waals surface area (Å²) in [5.41, 5.74) is 0.135. The predicted molar refractivity (Wildman–Crippen MR) is 75.3 cm³/mol. The van der Waals surface area contributed by atoms with Gasteiger partial charge in [0.05, 0.1) is 5.56 Å². The smallest absolute Gasteiger partial charge is 0.256 e. The number of hydrogen-bond acceptors (Lipinski definition) is 3. The summed E-state index contributed by atoms with van der Waals surface area (Å²) in [6.45, 7) is 1.21. The molecule has 0 aliphatic carbocycles. The minimum atomic E-state index is -0.469. The number of carbonyl (C=O) groups is 1. The van der Waals surface area contributed by atoms with E-state index in [-0.39, 0.29) is 17.4 Å². The van der Waals surface area contributed by atoms with E-state index in [0.717, 1.165) is 18.7 Å². The second-order valence-corrected chi connectivity index (χ2v) is 5.37. The third kappa shape index (κ3) is 2.66. The molecule has 0 bridgehead atoms. The Morgan fingerprint density at radius 1 is 1.38 bits per heavy atom. The van der Waals surface area contributed by atoms with Gasteiger partial charge in [0.2, 0.25) is 0 Å². The Kier molecular flexibility index (Phi) is 3.68. The number of carbonyl (C=O) groups excluding carboxylic acids is 1. The molecular weight excluding hydrogens is 271 g/mol. The van der Waals surface area contributed by atoms with Gasteiger partial charge in [-0.2, -0.15) is 0 Å². The zero-order chi connectivity index (χ0) is 14.8. The quantitative estimate of drug-likeness (QED) is 0.849. The summed E-state index contributed by atoms with van der Waals surface area (Å²) < 4.78 is 15.6. The highest BCUT2D eigenvalue weighted by molar-refractivity contribution is 5.94. The lowest BCUT2D eigenvalue weighted by Gasteiger charge is -2.32. The summed E-state index contributed by atoms with van der Waals surface area (Å²) in [5, 5.41) is 8.01. The number of benzene rings is 1. The zero-order valence-corrected chi connectivity index (χ0v) is 11.9. The first-order chi connectivity index (χ1) is 10.2. The number of amides is 1. The Hall–Kier alpha value is -2.24. The maximum absolute atomic E-state index is 13.8. The minimum absolute atomic E-state index is 0.135. The van der Waals surface area contributed by atoms with E-state index in [4.69, 9.17) is 0 Å². The third-order valence-electron chi connectivity index (χ3n) is 3.92. The first-order valence-electron chi connectivity index (χ1n) is 7.04. The lowest BCUT2D eigenvalue weighted by Crippen LogP contribution is -2.40. The van der Waals surface area contributed by atoms with E-state index in [1.165, 1.54) is 12.1 Å². The van der Waals surface area contributed by atoms with Gasteiger partial charge >= 0.3 is 0 Å². The molecule has 1 aromatic heterocycles. The van der Waals surface area contributed by atoms with E-state index in [9.17, 15) is 9.18 Å². The van der Waals surface area contributed by atoms with Crippen LogP contribution in [0.5, 0.6) is 0 Å². The SMILES string of the molecule is Cn1cnnc1[C@@H]1CCCN(C(=O)c2ccccc2F)C1. The van der Waals surface area contributed by atoms with Gasteiger partial charge in [-0.15, -0.1) is 10.2 Å². The maximum Gasteiger partial charge on any atom is 0.256 e. The predicted octanol–water partition coefficient (Wildman–Crippen LogP) is 1.97. The van der Waals surface area contributed by atoms with Gasteiger partial charge < -0.3 is 9.47 Å². The molecule has 110 valence electrons. The van der Waals surface area contributed by atoms with Crippen LogP contribution in [0.3, 0.4) is 0 Å². The number of aryl methyl sites for hydroxylation is 1. The van der Waals surface area contributed by atoms with Crippen LogP contribution in [0.2, 0.25) is 0 Å². The van der Waals surface area contributed by atoms with E-state index in [0.29, 0.717) is 13.1 Å². The molecule has 1 saturated heterocycles. The molecule has 1 aliphatic rings. The molecule has 5 nitrogen and oxygen atoms in total. The molecule has 6 heteroatoms. The number of aromatic nitrogens is 3. The van der Waals surface area contributed by atoms with E-state index in [1.54, 1.807) is 23.4 Å². The summed E-state index contributed by atoms with van der Waals surface area (Å²) in [5.74, 6) is 0.311. The van der Waals surface area contributed by atoms with E-state index in [1.807, 2.05) is 11.6 Å². The van der Waals surface area contributed by atoms with Gasteiger partial charge in [0, 0.05) is 26.1 Å². The molecule has 3 rings (SSSR count). The van der Waals surface area contributed by atoms with Crippen LogP contribution in [0, 0.1) is 5.82 Å². The second kappa shape index (κ2) is 5.63. The Morgan fingerprint density at radius 2 is 2.19 bits per heavy atom. The van der Waals surface area contributed by atoms with Crippen LogP contribution in [-0.2, 0) is 7.05 Å². The first kappa shape index (κ1) is 13.7. The Labute approximate surface area is 122 Å². The van der Waals surface area contributed by atoms with Crippen LogP contribution in [-0.4, -0.2) is 38.7 Å². The minimum Gasteiger partial charge on any atom is -0.338 e. The lowest BCUT2D eigenvalue weighted by atomic mass is 9.96. The number of rotatable bonds is 2. The molecule has 2 heterocycles.